The van der Waals surface area contributed by atoms with E-state index in [0.717, 1.165) is 23.1 Å². The normalized spacial score (nSPS) is 27.2. The van der Waals surface area contributed by atoms with Crippen molar-refractivity contribution in [2.24, 2.45) is 5.92 Å². The summed E-state index contributed by atoms with van der Waals surface area (Å²) in [5.41, 5.74) is 9.08. The van der Waals surface area contributed by atoms with Gasteiger partial charge in [-0.05, 0) is 37.1 Å². The first kappa shape index (κ1) is 17.9. The Morgan fingerprint density at radius 3 is 2.52 bits per heavy atom. The molecule has 2 heterocycles. The predicted molar refractivity (Wildman–Crippen MR) is 100 cm³/mol. The molecule has 0 saturated carbocycles. The van der Waals surface area contributed by atoms with E-state index >= 15 is 0 Å². The van der Waals surface area contributed by atoms with E-state index in [1.165, 1.54) is 12.1 Å². The average molecular weight is 369 g/mol. The fourth-order valence-corrected chi connectivity index (χ4v) is 4.44. The van der Waals surface area contributed by atoms with Gasteiger partial charge in [0, 0.05) is 18.0 Å². The number of aryl methyl sites for hydroxylation is 1. The molecule has 2 aromatic carbocycles. The van der Waals surface area contributed by atoms with Crippen LogP contribution in [0.2, 0.25) is 0 Å². The Labute approximate surface area is 158 Å². The smallest absolute Gasteiger partial charge is 0.242 e. The third-order valence-electron chi connectivity index (χ3n) is 5.61. The molecule has 1 amide bonds. The third kappa shape index (κ3) is 2.99. The van der Waals surface area contributed by atoms with E-state index in [4.69, 9.17) is 0 Å². The number of carbonyl (C=O) groups excluding carboxylic acids is 1. The number of hydrazine groups is 1. The number of carbonyl (C=O) groups is 1. The monoisotopic (exact) mass is 369 g/mol. The van der Waals surface area contributed by atoms with E-state index in [-0.39, 0.29) is 41.5 Å². The van der Waals surface area contributed by atoms with Gasteiger partial charge in [-0.2, -0.15) is 0 Å². The number of amides is 1. The van der Waals surface area contributed by atoms with Gasteiger partial charge in [0.05, 0.1) is 12.1 Å². The van der Waals surface area contributed by atoms with Gasteiger partial charge in [-0.15, -0.1) is 0 Å². The average Bonchev–Trinajstić information content (AvgIpc) is 3.19. The first-order valence-corrected chi connectivity index (χ1v) is 9.37. The molecule has 0 aliphatic carbocycles. The molecule has 0 bridgehead atoms. The Morgan fingerprint density at radius 1 is 1.11 bits per heavy atom. The summed E-state index contributed by atoms with van der Waals surface area (Å²) >= 11 is 0. The molecule has 2 aliphatic rings. The zero-order chi connectivity index (χ0) is 19.1. The van der Waals surface area contributed by atoms with Crippen molar-refractivity contribution in [2.75, 3.05) is 6.54 Å². The number of hydrogen-bond acceptors (Lipinski definition) is 4. The molecule has 27 heavy (non-hydrogen) atoms. The largest absolute Gasteiger partial charge is 0.508 e. The highest BCUT2D eigenvalue weighted by molar-refractivity contribution is 5.86. The van der Waals surface area contributed by atoms with Crippen LogP contribution < -0.4 is 10.9 Å². The van der Waals surface area contributed by atoms with Crippen molar-refractivity contribution in [1.29, 1.82) is 0 Å². The molecule has 4 rings (SSSR count). The van der Waals surface area contributed by atoms with Crippen molar-refractivity contribution in [3.8, 4) is 5.75 Å². The Bertz CT molecular complexity index is 855. The molecule has 0 spiro atoms. The SMILES string of the molecule is CCCN1C(=O)C2NNC(c3cc(C)ccc3O)C2C1c1ccc(F)cc1. The standard InChI is InChI=1S/C21H24FN3O2/c1-3-10-25-20(13-5-7-14(22)8-6-13)17-18(23-24-19(17)21(25)27)15-11-12(2)4-9-16(15)26/h4-9,11,17-20,23-24,26H,3,10H2,1-2H3. The number of phenolic OH excluding ortho intramolecular Hbond substituents is 1. The van der Waals surface area contributed by atoms with Crippen LogP contribution in [0.4, 0.5) is 4.39 Å². The van der Waals surface area contributed by atoms with Gasteiger partial charge in [0.2, 0.25) is 5.91 Å². The number of benzene rings is 2. The summed E-state index contributed by atoms with van der Waals surface area (Å²) in [6.07, 6.45) is 0.844. The van der Waals surface area contributed by atoms with Gasteiger partial charge in [-0.25, -0.2) is 15.2 Å². The molecule has 142 valence electrons. The first-order valence-electron chi connectivity index (χ1n) is 9.37. The number of nitrogens with zero attached hydrogens (tertiary/aromatic N) is 1. The third-order valence-corrected chi connectivity index (χ3v) is 5.61. The Hall–Kier alpha value is -2.44. The molecule has 2 aromatic rings. The minimum Gasteiger partial charge on any atom is -0.508 e. The van der Waals surface area contributed by atoms with Crippen LogP contribution in [-0.2, 0) is 4.79 Å². The van der Waals surface area contributed by atoms with Crippen molar-refractivity contribution in [3.05, 3.63) is 65.0 Å². The van der Waals surface area contributed by atoms with E-state index in [1.54, 1.807) is 18.2 Å². The highest BCUT2D eigenvalue weighted by atomic mass is 19.1. The van der Waals surface area contributed by atoms with Crippen LogP contribution >= 0.6 is 0 Å². The number of hydrogen-bond donors (Lipinski definition) is 3. The van der Waals surface area contributed by atoms with Crippen molar-refractivity contribution in [2.45, 2.75) is 38.4 Å². The number of fused-ring (bicyclic) bond motifs is 1. The van der Waals surface area contributed by atoms with Crippen LogP contribution in [0.25, 0.3) is 0 Å². The number of rotatable bonds is 4. The van der Waals surface area contributed by atoms with E-state index < -0.39 is 0 Å². The highest BCUT2D eigenvalue weighted by Crippen LogP contribution is 2.48. The van der Waals surface area contributed by atoms with Gasteiger partial charge >= 0.3 is 0 Å². The number of halogens is 1. The van der Waals surface area contributed by atoms with Gasteiger partial charge in [0.1, 0.15) is 17.6 Å². The number of nitrogens with one attached hydrogen (secondary N) is 2. The van der Waals surface area contributed by atoms with Crippen LogP contribution in [0.5, 0.6) is 5.75 Å². The molecular formula is C21H24FN3O2. The molecule has 0 radical (unpaired) electrons. The summed E-state index contributed by atoms with van der Waals surface area (Å²) in [4.78, 5) is 14.9. The van der Waals surface area contributed by atoms with Gasteiger partial charge < -0.3 is 10.0 Å². The molecule has 4 atom stereocenters. The lowest BCUT2D eigenvalue weighted by atomic mass is 9.83. The fraction of sp³-hybridized carbons (Fsp3) is 0.381. The molecule has 2 fully saturated rings. The van der Waals surface area contributed by atoms with E-state index in [0.29, 0.717) is 6.54 Å². The second kappa shape index (κ2) is 6.94. The van der Waals surface area contributed by atoms with Crippen LogP contribution in [0.3, 0.4) is 0 Å². The van der Waals surface area contributed by atoms with Crippen molar-refractivity contribution < 1.29 is 14.3 Å². The maximum atomic E-state index is 13.5. The van der Waals surface area contributed by atoms with Gasteiger partial charge in [-0.3, -0.25) is 4.79 Å². The molecule has 2 aliphatic heterocycles. The van der Waals surface area contributed by atoms with Crippen LogP contribution in [0, 0.1) is 18.7 Å². The van der Waals surface area contributed by atoms with Crippen LogP contribution in [-0.4, -0.2) is 28.5 Å². The summed E-state index contributed by atoms with van der Waals surface area (Å²) < 4.78 is 13.5. The lowest BCUT2D eigenvalue weighted by Gasteiger charge is -2.31. The topological polar surface area (TPSA) is 64.6 Å². The summed E-state index contributed by atoms with van der Waals surface area (Å²) in [7, 11) is 0. The first-order chi connectivity index (χ1) is 13.0. The Morgan fingerprint density at radius 2 is 1.81 bits per heavy atom. The molecular weight excluding hydrogens is 345 g/mol. The Balaban J connectivity index is 1.79. The second-order valence-electron chi connectivity index (χ2n) is 7.41. The lowest BCUT2D eigenvalue weighted by Crippen LogP contribution is -2.41. The maximum Gasteiger partial charge on any atom is 0.242 e. The highest BCUT2D eigenvalue weighted by Gasteiger charge is 2.55. The summed E-state index contributed by atoms with van der Waals surface area (Å²) in [6, 6.07) is 11.1. The maximum absolute atomic E-state index is 13.5. The predicted octanol–water partition coefficient (Wildman–Crippen LogP) is 2.97. The zero-order valence-corrected chi connectivity index (χ0v) is 15.4. The number of phenols is 1. The van der Waals surface area contributed by atoms with E-state index in [2.05, 4.69) is 10.9 Å². The van der Waals surface area contributed by atoms with E-state index in [9.17, 15) is 14.3 Å². The van der Waals surface area contributed by atoms with Crippen LogP contribution in [0.1, 0.15) is 42.1 Å². The quantitative estimate of drug-likeness (QED) is 0.775. The molecule has 5 nitrogen and oxygen atoms in total. The molecule has 0 aromatic heterocycles. The summed E-state index contributed by atoms with van der Waals surface area (Å²) in [6.45, 7) is 4.66. The molecule has 4 unspecified atom stereocenters. The number of likely N-dealkylation sites (tertiary alicyclic amines) is 1. The van der Waals surface area contributed by atoms with Gasteiger partial charge in [0.25, 0.3) is 0 Å². The van der Waals surface area contributed by atoms with Gasteiger partial charge in [-0.1, -0.05) is 36.8 Å². The second-order valence-corrected chi connectivity index (χ2v) is 7.41. The zero-order valence-electron chi connectivity index (χ0n) is 15.4. The van der Waals surface area contributed by atoms with Gasteiger partial charge in [0.15, 0.2) is 0 Å². The molecule has 2 saturated heterocycles. The molecule has 6 heteroatoms. The summed E-state index contributed by atoms with van der Waals surface area (Å²) in [5, 5.41) is 10.4. The Kier molecular flexibility index (Phi) is 4.61. The minimum absolute atomic E-state index is 0.0401. The van der Waals surface area contributed by atoms with Crippen molar-refractivity contribution in [3.63, 3.8) is 0 Å². The summed E-state index contributed by atoms with van der Waals surface area (Å²) in [5.74, 6) is -0.155. The molecule has 3 N–H and O–H groups in total. The fourth-order valence-electron chi connectivity index (χ4n) is 4.44. The van der Waals surface area contributed by atoms with E-state index in [1.807, 2.05) is 30.9 Å². The minimum atomic E-state index is -0.378. The number of aromatic hydroxyl groups is 1. The lowest BCUT2D eigenvalue weighted by molar-refractivity contribution is -0.130. The van der Waals surface area contributed by atoms with Crippen molar-refractivity contribution >= 4 is 5.91 Å². The van der Waals surface area contributed by atoms with Crippen molar-refractivity contribution in [1.82, 2.24) is 15.8 Å². The van der Waals surface area contributed by atoms with Crippen LogP contribution in [0.15, 0.2) is 42.5 Å².